The first kappa shape index (κ1) is 14.9. The van der Waals surface area contributed by atoms with Crippen LogP contribution >= 0.6 is 0 Å². The molecule has 126 valence electrons. The maximum atomic E-state index is 4.22. The van der Waals surface area contributed by atoms with Crippen LogP contribution in [0.15, 0.2) is 42.7 Å². The summed E-state index contributed by atoms with van der Waals surface area (Å²) in [5.74, 6) is 0. The first-order valence-corrected chi connectivity index (χ1v) is 9.16. The number of hydrogen-bond acceptors (Lipinski definition) is 2. The molecule has 2 aliphatic rings. The van der Waals surface area contributed by atoms with E-state index in [1.165, 1.54) is 35.0 Å². The summed E-state index contributed by atoms with van der Waals surface area (Å²) >= 11 is 0. The van der Waals surface area contributed by atoms with Crippen LogP contribution in [0.25, 0.3) is 23.2 Å². The minimum Gasteiger partial charge on any atom is -0.320 e. The van der Waals surface area contributed by atoms with Gasteiger partial charge in [-0.15, -0.1) is 0 Å². The molecule has 2 aliphatic heterocycles. The van der Waals surface area contributed by atoms with Crippen LogP contribution in [0, 0.1) is 6.92 Å². The van der Waals surface area contributed by atoms with Crippen molar-refractivity contribution in [1.29, 1.82) is 0 Å². The SMILES string of the molecule is Cc1ccc2c(c1)c1c(n2/C=C\c2cccnc2)CC2CCC1N2C. The summed E-state index contributed by atoms with van der Waals surface area (Å²) in [6, 6.07) is 12.2. The minimum atomic E-state index is 0.575. The lowest BCUT2D eigenvalue weighted by molar-refractivity contribution is 0.223. The summed E-state index contributed by atoms with van der Waals surface area (Å²) in [7, 11) is 2.30. The molecular weight excluding hydrogens is 306 g/mol. The van der Waals surface area contributed by atoms with Crippen molar-refractivity contribution in [3.63, 3.8) is 0 Å². The van der Waals surface area contributed by atoms with Crippen LogP contribution in [0.5, 0.6) is 0 Å². The molecule has 2 aromatic heterocycles. The Morgan fingerprint density at radius 3 is 2.96 bits per heavy atom. The van der Waals surface area contributed by atoms with Gasteiger partial charge in [-0.05, 0) is 62.2 Å². The van der Waals surface area contributed by atoms with Gasteiger partial charge in [0.15, 0.2) is 0 Å². The molecule has 2 unspecified atom stereocenters. The first-order chi connectivity index (χ1) is 12.2. The number of aromatic nitrogens is 2. The zero-order chi connectivity index (χ0) is 17.0. The van der Waals surface area contributed by atoms with Gasteiger partial charge >= 0.3 is 0 Å². The molecule has 25 heavy (non-hydrogen) atoms. The van der Waals surface area contributed by atoms with E-state index < -0.39 is 0 Å². The first-order valence-electron chi connectivity index (χ1n) is 9.16. The second-order valence-electron chi connectivity index (χ2n) is 7.47. The smallest absolute Gasteiger partial charge is 0.0529 e. The van der Waals surface area contributed by atoms with Gasteiger partial charge in [-0.2, -0.15) is 0 Å². The van der Waals surface area contributed by atoms with Crippen molar-refractivity contribution in [1.82, 2.24) is 14.5 Å². The van der Waals surface area contributed by atoms with Gasteiger partial charge < -0.3 is 4.57 Å². The largest absolute Gasteiger partial charge is 0.320 e. The van der Waals surface area contributed by atoms with Crippen molar-refractivity contribution in [2.24, 2.45) is 0 Å². The van der Waals surface area contributed by atoms with Crippen LogP contribution in [0.2, 0.25) is 0 Å². The van der Waals surface area contributed by atoms with Crippen molar-refractivity contribution in [2.45, 2.75) is 38.3 Å². The summed E-state index contributed by atoms with van der Waals surface area (Å²) in [4.78, 5) is 6.82. The third kappa shape index (κ3) is 2.26. The fourth-order valence-corrected chi connectivity index (χ4v) is 4.72. The molecule has 4 heterocycles. The number of likely N-dealkylation sites (N-methyl/N-ethyl adjacent to an activating group) is 1. The molecule has 2 bridgehead atoms. The molecule has 0 radical (unpaired) electrons. The second-order valence-corrected chi connectivity index (χ2v) is 7.47. The molecule has 0 amide bonds. The molecular formula is C22H23N3. The molecule has 1 saturated heterocycles. The van der Waals surface area contributed by atoms with Gasteiger partial charge in [0.2, 0.25) is 0 Å². The lowest BCUT2D eigenvalue weighted by Crippen LogP contribution is -2.34. The molecule has 0 saturated carbocycles. The summed E-state index contributed by atoms with van der Waals surface area (Å²) < 4.78 is 2.43. The zero-order valence-electron chi connectivity index (χ0n) is 14.8. The molecule has 3 nitrogen and oxygen atoms in total. The highest BCUT2D eigenvalue weighted by Crippen LogP contribution is 2.47. The predicted octanol–water partition coefficient (Wildman–Crippen LogP) is 4.66. The van der Waals surface area contributed by atoms with Crippen molar-refractivity contribution in [3.8, 4) is 0 Å². The average Bonchev–Trinajstić information content (AvgIpc) is 3.04. The Hall–Kier alpha value is -2.39. The number of rotatable bonds is 2. The Labute approximate surface area is 148 Å². The van der Waals surface area contributed by atoms with E-state index in [9.17, 15) is 0 Å². The van der Waals surface area contributed by atoms with Gasteiger partial charge in [-0.3, -0.25) is 9.88 Å². The van der Waals surface area contributed by atoms with Crippen LogP contribution in [0.1, 0.15) is 41.3 Å². The maximum Gasteiger partial charge on any atom is 0.0529 e. The number of fused-ring (bicyclic) bond motifs is 6. The van der Waals surface area contributed by atoms with Crippen molar-refractivity contribution < 1.29 is 0 Å². The van der Waals surface area contributed by atoms with Crippen LogP contribution < -0.4 is 0 Å². The maximum absolute atomic E-state index is 4.22. The fraction of sp³-hybridized carbons (Fsp3) is 0.318. The topological polar surface area (TPSA) is 21.1 Å². The normalized spacial score (nSPS) is 22.8. The van der Waals surface area contributed by atoms with Crippen molar-refractivity contribution >= 4 is 23.2 Å². The Balaban J connectivity index is 1.72. The van der Waals surface area contributed by atoms with Gasteiger partial charge in [0.05, 0.1) is 5.52 Å². The molecule has 0 aliphatic carbocycles. The molecule has 3 heteroatoms. The van der Waals surface area contributed by atoms with Crippen LogP contribution in [-0.4, -0.2) is 27.5 Å². The highest BCUT2D eigenvalue weighted by Gasteiger charge is 2.40. The Morgan fingerprint density at radius 1 is 1.20 bits per heavy atom. The summed E-state index contributed by atoms with van der Waals surface area (Å²) in [5.41, 5.74) is 6.88. The lowest BCUT2D eigenvalue weighted by Gasteiger charge is -2.32. The lowest BCUT2D eigenvalue weighted by atomic mass is 9.97. The van der Waals surface area contributed by atoms with Gasteiger partial charge in [0.25, 0.3) is 0 Å². The zero-order valence-corrected chi connectivity index (χ0v) is 14.8. The monoisotopic (exact) mass is 329 g/mol. The van der Waals surface area contributed by atoms with Gasteiger partial charge in [0, 0.05) is 48.2 Å². The van der Waals surface area contributed by atoms with E-state index >= 15 is 0 Å². The molecule has 5 rings (SSSR count). The van der Waals surface area contributed by atoms with E-state index in [2.05, 4.69) is 65.0 Å². The average molecular weight is 329 g/mol. The Kier molecular flexibility index (Phi) is 3.32. The molecule has 1 fully saturated rings. The third-order valence-corrected chi connectivity index (χ3v) is 6.01. The number of nitrogens with zero attached hydrogens (tertiary/aromatic N) is 3. The standard InChI is InChI=1S/C22H23N3/c1-15-5-7-19-18(12-15)22-20-8-6-17(24(20)2)13-21(22)25(19)11-9-16-4-3-10-23-14-16/h3-5,7,9-12,14,17,20H,6,8,13H2,1-2H3/b11-9-. The van der Waals surface area contributed by atoms with E-state index in [4.69, 9.17) is 0 Å². The number of aryl methyl sites for hydroxylation is 1. The van der Waals surface area contributed by atoms with Crippen LogP contribution in [-0.2, 0) is 6.42 Å². The van der Waals surface area contributed by atoms with Gasteiger partial charge in [-0.25, -0.2) is 0 Å². The molecule has 3 aromatic rings. The fourth-order valence-electron chi connectivity index (χ4n) is 4.72. The van der Waals surface area contributed by atoms with Gasteiger partial charge in [-0.1, -0.05) is 17.7 Å². The van der Waals surface area contributed by atoms with E-state index in [0.717, 1.165) is 12.0 Å². The summed E-state index contributed by atoms with van der Waals surface area (Å²) in [6.45, 7) is 2.19. The Morgan fingerprint density at radius 2 is 2.12 bits per heavy atom. The van der Waals surface area contributed by atoms with Crippen LogP contribution in [0.3, 0.4) is 0 Å². The highest BCUT2D eigenvalue weighted by atomic mass is 15.2. The van der Waals surface area contributed by atoms with Crippen LogP contribution in [0.4, 0.5) is 0 Å². The number of benzene rings is 1. The highest BCUT2D eigenvalue weighted by molar-refractivity contribution is 5.90. The van der Waals surface area contributed by atoms with E-state index in [1.54, 1.807) is 5.56 Å². The van der Waals surface area contributed by atoms with E-state index in [1.807, 2.05) is 18.5 Å². The van der Waals surface area contributed by atoms with Gasteiger partial charge in [0.1, 0.15) is 0 Å². The molecule has 0 spiro atoms. The predicted molar refractivity (Wildman–Crippen MR) is 103 cm³/mol. The summed E-state index contributed by atoms with van der Waals surface area (Å²) in [5, 5.41) is 1.43. The quantitative estimate of drug-likeness (QED) is 0.681. The molecule has 0 N–H and O–H groups in total. The number of hydrogen-bond donors (Lipinski definition) is 0. The summed E-state index contributed by atoms with van der Waals surface area (Å²) in [6.07, 6.45) is 11.9. The molecule has 2 atom stereocenters. The van der Waals surface area contributed by atoms with Crippen molar-refractivity contribution in [3.05, 3.63) is 65.1 Å². The number of pyridine rings is 1. The second kappa shape index (κ2) is 5.57. The van der Waals surface area contributed by atoms with E-state index in [-0.39, 0.29) is 0 Å². The Bertz CT molecular complexity index is 968. The van der Waals surface area contributed by atoms with Crippen molar-refractivity contribution in [2.75, 3.05) is 7.05 Å². The molecule has 1 aromatic carbocycles. The van der Waals surface area contributed by atoms with E-state index in [0.29, 0.717) is 12.1 Å². The third-order valence-electron chi connectivity index (χ3n) is 6.01. The minimum absolute atomic E-state index is 0.575.